The molecule has 0 heterocycles. The third kappa shape index (κ3) is 6.80. The third-order valence-corrected chi connectivity index (χ3v) is 6.64. The Labute approximate surface area is 201 Å². The summed E-state index contributed by atoms with van der Waals surface area (Å²) in [4.78, 5) is 37.2. The molecular weight excluding hydrogens is 495 g/mol. The minimum atomic E-state index is -4.00. The van der Waals surface area contributed by atoms with Crippen molar-refractivity contribution in [3.63, 3.8) is 0 Å². The summed E-state index contributed by atoms with van der Waals surface area (Å²) in [7, 11) is -2.59. The second-order valence-electron chi connectivity index (χ2n) is 7.11. The van der Waals surface area contributed by atoms with Gasteiger partial charge < -0.3 is 10.2 Å². The quantitative estimate of drug-likeness (QED) is 0.402. The Kier molecular flexibility index (Phi) is 8.64. The second-order valence-corrected chi connectivity index (χ2v) is 9.83. The van der Waals surface area contributed by atoms with E-state index < -0.39 is 39.3 Å². The number of nitro benzene ring substituents is 1. The molecule has 2 rings (SSSR count). The molecule has 0 spiro atoms. The lowest BCUT2D eigenvalue weighted by Crippen LogP contribution is -2.50. The number of nitrogens with zero attached hydrogens (tertiary/aromatic N) is 3. The van der Waals surface area contributed by atoms with Gasteiger partial charge in [-0.05, 0) is 30.7 Å². The Balaban J connectivity index is 2.43. The first-order valence-electron chi connectivity index (χ1n) is 9.52. The molecule has 0 aromatic heterocycles. The van der Waals surface area contributed by atoms with Gasteiger partial charge >= 0.3 is 0 Å². The minimum Gasteiger partial charge on any atom is -0.357 e. The molecule has 2 amide bonds. The van der Waals surface area contributed by atoms with E-state index in [1.807, 2.05) is 0 Å². The zero-order valence-corrected chi connectivity index (χ0v) is 20.3. The van der Waals surface area contributed by atoms with Crippen LogP contribution in [0.15, 0.2) is 42.5 Å². The molecular formula is C20H22Cl2N4O6S. The van der Waals surface area contributed by atoms with Crippen LogP contribution in [0.1, 0.15) is 12.5 Å². The zero-order valence-electron chi connectivity index (χ0n) is 18.0. The predicted octanol–water partition coefficient (Wildman–Crippen LogP) is 2.83. The molecule has 13 heteroatoms. The highest BCUT2D eigenvalue weighted by Gasteiger charge is 2.30. The summed E-state index contributed by atoms with van der Waals surface area (Å²) in [5, 5.41) is 14.1. The number of nitrogens with one attached hydrogen (secondary N) is 1. The Bertz CT molecular complexity index is 1170. The van der Waals surface area contributed by atoms with Gasteiger partial charge in [0, 0.05) is 25.7 Å². The van der Waals surface area contributed by atoms with Crippen LogP contribution < -0.4 is 9.62 Å². The molecule has 0 saturated carbocycles. The first-order chi connectivity index (χ1) is 15.3. The SMILES string of the molecule is CNC(=O)[C@@H](C)N(Cc1ccc(Cl)c(Cl)c1)C(=O)CN(c1cccc([N+](=O)[O-])c1)S(C)(=O)=O. The number of non-ortho nitro benzene ring substituents is 1. The Morgan fingerprint density at radius 2 is 1.82 bits per heavy atom. The molecule has 2 aromatic rings. The normalized spacial score (nSPS) is 12.0. The van der Waals surface area contributed by atoms with Crippen LogP contribution in [0, 0.1) is 10.1 Å². The molecule has 0 bridgehead atoms. The summed E-state index contributed by atoms with van der Waals surface area (Å²) >= 11 is 12.0. The number of carbonyl (C=O) groups is 2. The Morgan fingerprint density at radius 1 is 1.15 bits per heavy atom. The summed E-state index contributed by atoms with van der Waals surface area (Å²) in [5.74, 6) is -1.17. The summed E-state index contributed by atoms with van der Waals surface area (Å²) < 4.78 is 25.6. The first-order valence-corrected chi connectivity index (χ1v) is 12.1. The van der Waals surface area contributed by atoms with E-state index in [0.717, 1.165) is 16.6 Å². The molecule has 33 heavy (non-hydrogen) atoms. The van der Waals surface area contributed by atoms with Crippen LogP contribution in [0.2, 0.25) is 10.0 Å². The topological polar surface area (TPSA) is 130 Å². The monoisotopic (exact) mass is 516 g/mol. The van der Waals surface area contributed by atoms with Crippen LogP contribution in [-0.2, 0) is 26.2 Å². The molecule has 0 aliphatic heterocycles. The van der Waals surface area contributed by atoms with Crippen molar-refractivity contribution in [1.29, 1.82) is 0 Å². The molecule has 1 atom stereocenters. The van der Waals surface area contributed by atoms with Crippen molar-refractivity contribution in [2.45, 2.75) is 19.5 Å². The maximum Gasteiger partial charge on any atom is 0.271 e. The van der Waals surface area contributed by atoms with Crippen LogP contribution in [-0.4, -0.2) is 55.9 Å². The van der Waals surface area contributed by atoms with Crippen molar-refractivity contribution in [2.24, 2.45) is 0 Å². The minimum absolute atomic E-state index is 0.0536. The fraction of sp³-hybridized carbons (Fsp3) is 0.300. The molecule has 0 unspecified atom stereocenters. The lowest BCUT2D eigenvalue weighted by Gasteiger charge is -2.31. The molecule has 10 nitrogen and oxygen atoms in total. The average molecular weight is 517 g/mol. The van der Waals surface area contributed by atoms with Crippen molar-refractivity contribution >= 4 is 56.4 Å². The van der Waals surface area contributed by atoms with Crippen molar-refractivity contribution in [2.75, 3.05) is 24.2 Å². The fourth-order valence-corrected chi connectivity index (χ4v) is 4.16. The van der Waals surface area contributed by atoms with E-state index in [1.165, 1.54) is 43.1 Å². The number of likely N-dealkylation sites (N-methyl/N-ethyl adjacent to an activating group) is 1. The highest BCUT2D eigenvalue weighted by atomic mass is 35.5. The largest absolute Gasteiger partial charge is 0.357 e. The van der Waals surface area contributed by atoms with Gasteiger partial charge in [0.15, 0.2) is 0 Å². The third-order valence-electron chi connectivity index (χ3n) is 4.76. The van der Waals surface area contributed by atoms with Crippen LogP contribution >= 0.6 is 23.2 Å². The Hall–Kier alpha value is -2.89. The van der Waals surface area contributed by atoms with Crippen molar-refractivity contribution in [1.82, 2.24) is 10.2 Å². The summed E-state index contributed by atoms with van der Waals surface area (Å²) in [6.07, 6.45) is 0.880. The van der Waals surface area contributed by atoms with E-state index in [-0.39, 0.29) is 22.9 Å². The summed E-state index contributed by atoms with van der Waals surface area (Å²) in [6, 6.07) is 8.66. The van der Waals surface area contributed by atoms with E-state index in [0.29, 0.717) is 10.6 Å². The van der Waals surface area contributed by atoms with Crippen LogP contribution in [0.5, 0.6) is 0 Å². The molecule has 0 radical (unpaired) electrons. The number of hydrogen-bond donors (Lipinski definition) is 1. The molecule has 2 aromatic carbocycles. The van der Waals surface area contributed by atoms with E-state index in [1.54, 1.807) is 12.1 Å². The average Bonchev–Trinajstić information content (AvgIpc) is 2.76. The maximum atomic E-state index is 13.3. The maximum absolute atomic E-state index is 13.3. The van der Waals surface area contributed by atoms with Gasteiger partial charge in [0.05, 0.1) is 26.9 Å². The van der Waals surface area contributed by atoms with Crippen LogP contribution in [0.3, 0.4) is 0 Å². The number of benzene rings is 2. The predicted molar refractivity (Wildman–Crippen MR) is 126 cm³/mol. The molecule has 0 fully saturated rings. The number of hydrogen-bond acceptors (Lipinski definition) is 6. The number of nitro groups is 1. The van der Waals surface area contributed by atoms with Gasteiger partial charge in [-0.15, -0.1) is 0 Å². The number of amides is 2. The van der Waals surface area contributed by atoms with Gasteiger partial charge in [-0.25, -0.2) is 8.42 Å². The van der Waals surface area contributed by atoms with Crippen molar-refractivity contribution in [3.05, 3.63) is 68.2 Å². The smallest absolute Gasteiger partial charge is 0.271 e. The molecule has 0 aliphatic carbocycles. The standard InChI is InChI=1S/C20H22Cl2N4O6S/c1-13(20(28)23-2)24(11-14-7-8-17(21)18(22)9-14)19(27)12-25(33(3,31)32)15-5-4-6-16(10-15)26(29)30/h4-10,13H,11-12H2,1-3H3,(H,23,28)/t13-/m1/s1. The van der Waals surface area contributed by atoms with Gasteiger partial charge in [0.25, 0.3) is 5.69 Å². The highest BCUT2D eigenvalue weighted by Crippen LogP contribution is 2.25. The van der Waals surface area contributed by atoms with Crippen molar-refractivity contribution in [3.8, 4) is 0 Å². The Morgan fingerprint density at radius 3 is 2.36 bits per heavy atom. The number of halogens is 2. The fourth-order valence-electron chi connectivity index (χ4n) is 3.00. The highest BCUT2D eigenvalue weighted by molar-refractivity contribution is 7.92. The lowest BCUT2D eigenvalue weighted by molar-refractivity contribution is -0.384. The number of rotatable bonds is 9. The number of sulfonamides is 1. The molecule has 0 saturated heterocycles. The second kappa shape index (κ2) is 10.8. The van der Waals surface area contributed by atoms with Gasteiger partial charge in [-0.3, -0.25) is 24.0 Å². The molecule has 1 N–H and O–H groups in total. The number of carbonyl (C=O) groups excluding carboxylic acids is 2. The first kappa shape index (κ1) is 26.4. The van der Waals surface area contributed by atoms with E-state index in [9.17, 15) is 28.1 Å². The number of anilines is 1. The summed E-state index contributed by atoms with van der Waals surface area (Å²) in [5.41, 5.74) is 0.178. The summed E-state index contributed by atoms with van der Waals surface area (Å²) in [6.45, 7) is 0.756. The zero-order chi connectivity index (χ0) is 24.9. The lowest BCUT2D eigenvalue weighted by atomic mass is 10.1. The van der Waals surface area contributed by atoms with E-state index >= 15 is 0 Å². The van der Waals surface area contributed by atoms with Crippen LogP contribution in [0.25, 0.3) is 0 Å². The molecule has 0 aliphatic rings. The van der Waals surface area contributed by atoms with E-state index in [4.69, 9.17) is 23.2 Å². The van der Waals surface area contributed by atoms with Gasteiger partial charge in [-0.2, -0.15) is 0 Å². The van der Waals surface area contributed by atoms with Gasteiger partial charge in [0.1, 0.15) is 12.6 Å². The molecule has 178 valence electrons. The van der Waals surface area contributed by atoms with Gasteiger partial charge in [0.2, 0.25) is 21.8 Å². The van der Waals surface area contributed by atoms with E-state index in [2.05, 4.69) is 5.32 Å². The van der Waals surface area contributed by atoms with Crippen molar-refractivity contribution < 1.29 is 22.9 Å². The van der Waals surface area contributed by atoms with Gasteiger partial charge in [-0.1, -0.05) is 35.3 Å². The van der Waals surface area contributed by atoms with Crippen LogP contribution in [0.4, 0.5) is 11.4 Å².